The minimum atomic E-state index is -0.656. The fourth-order valence-corrected chi connectivity index (χ4v) is 5.69. The van der Waals surface area contributed by atoms with E-state index in [1.165, 1.54) is 29.2 Å². The van der Waals surface area contributed by atoms with Crippen molar-refractivity contribution in [2.24, 2.45) is 0 Å². The molecule has 3 aromatic rings. The number of hydrogen-bond donors (Lipinski definition) is 0. The third-order valence-corrected chi connectivity index (χ3v) is 7.36. The summed E-state index contributed by atoms with van der Waals surface area (Å²) < 4.78 is 33.0. The maximum absolute atomic E-state index is 14.1. The number of halogens is 2. The molecule has 2 aromatic carbocycles. The van der Waals surface area contributed by atoms with E-state index in [-0.39, 0.29) is 23.2 Å². The van der Waals surface area contributed by atoms with Crippen molar-refractivity contribution in [2.75, 3.05) is 11.5 Å². The van der Waals surface area contributed by atoms with Crippen LogP contribution >= 0.6 is 35.3 Å². The van der Waals surface area contributed by atoms with E-state index in [2.05, 4.69) is 4.98 Å². The van der Waals surface area contributed by atoms with Gasteiger partial charge in [0.05, 0.1) is 45.7 Å². The van der Waals surface area contributed by atoms with E-state index in [4.69, 9.17) is 17.0 Å². The van der Waals surface area contributed by atoms with Crippen molar-refractivity contribution in [1.82, 2.24) is 4.98 Å². The third-order valence-electron chi connectivity index (χ3n) is 4.37. The lowest BCUT2D eigenvalue weighted by atomic mass is 10.2. The zero-order valence-corrected chi connectivity index (χ0v) is 17.8. The van der Waals surface area contributed by atoms with Crippen LogP contribution in [0, 0.1) is 11.6 Å². The highest BCUT2D eigenvalue weighted by Crippen LogP contribution is 2.42. The van der Waals surface area contributed by atoms with Crippen LogP contribution in [0.1, 0.15) is 18.4 Å². The third kappa shape index (κ3) is 4.12. The first-order valence-corrected chi connectivity index (χ1v) is 11.0. The molecule has 0 N–H and O–H groups in total. The number of thioether (sulfide) groups is 1. The lowest BCUT2D eigenvalue weighted by molar-refractivity contribution is -0.142. The van der Waals surface area contributed by atoms with Gasteiger partial charge >= 0.3 is 5.97 Å². The molecule has 0 saturated carbocycles. The Morgan fingerprint density at radius 2 is 2.10 bits per heavy atom. The molecule has 4 rings (SSSR count). The highest BCUT2D eigenvalue weighted by Gasteiger charge is 2.32. The van der Waals surface area contributed by atoms with Gasteiger partial charge in [-0.25, -0.2) is 13.8 Å². The molecule has 1 atom stereocenters. The predicted octanol–water partition coefficient (Wildman–Crippen LogP) is 5.34. The van der Waals surface area contributed by atoms with Crippen molar-refractivity contribution in [2.45, 2.75) is 30.0 Å². The molecule has 0 aliphatic carbocycles. The molecule has 0 amide bonds. The van der Waals surface area contributed by atoms with Crippen LogP contribution in [0.15, 0.2) is 41.3 Å². The normalized spacial score (nSPS) is 16.2. The summed E-state index contributed by atoms with van der Waals surface area (Å²) in [4.78, 5) is 19.9. The van der Waals surface area contributed by atoms with Gasteiger partial charge in [0.15, 0.2) is 0 Å². The van der Waals surface area contributed by atoms with Crippen LogP contribution in [0.4, 0.5) is 14.5 Å². The van der Waals surface area contributed by atoms with E-state index in [0.29, 0.717) is 27.8 Å². The molecule has 0 spiro atoms. The highest BCUT2D eigenvalue weighted by atomic mass is 32.2. The number of nitrogens with zero attached hydrogens (tertiary/aromatic N) is 2. The van der Waals surface area contributed by atoms with Crippen molar-refractivity contribution in [1.29, 1.82) is 0 Å². The number of para-hydroxylation sites is 1. The van der Waals surface area contributed by atoms with Crippen LogP contribution in [0.2, 0.25) is 0 Å². The Bertz CT molecular complexity index is 1100. The number of esters is 1. The molecule has 1 aromatic heterocycles. The molecular formula is C20H16F2N2O2S3. The second-order valence-electron chi connectivity index (χ2n) is 6.35. The van der Waals surface area contributed by atoms with Gasteiger partial charge < -0.3 is 9.64 Å². The number of hydrogen-bond acceptors (Lipinski definition) is 6. The number of rotatable bonds is 5. The number of thiazole rings is 1. The van der Waals surface area contributed by atoms with Gasteiger partial charge in [-0.1, -0.05) is 24.4 Å². The van der Waals surface area contributed by atoms with E-state index in [1.54, 1.807) is 6.92 Å². The second-order valence-corrected chi connectivity index (χ2v) is 9.10. The summed E-state index contributed by atoms with van der Waals surface area (Å²) in [6, 6.07) is 9.84. The van der Waals surface area contributed by atoms with Crippen LogP contribution < -0.4 is 4.90 Å². The average molecular weight is 451 g/mol. The molecule has 0 saturated heterocycles. The molecule has 0 fully saturated rings. The summed E-state index contributed by atoms with van der Waals surface area (Å²) in [5.41, 5.74) is 1.20. The zero-order chi connectivity index (χ0) is 20.5. The Labute approximate surface area is 179 Å². The molecule has 1 aliphatic heterocycles. The number of thiocarbonyl (C=S) groups is 1. The maximum Gasteiger partial charge on any atom is 0.307 e. The first-order chi connectivity index (χ1) is 14.0. The summed E-state index contributed by atoms with van der Waals surface area (Å²) in [6.45, 7) is 2.40. The molecule has 4 nitrogen and oxygen atoms in total. The number of fused-ring (bicyclic) bond motifs is 2. The van der Waals surface area contributed by atoms with E-state index in [0.717, 1.165) is 16.6 Å². The van der Waals surface area contributed by atoms with Crippen molar-refractivity contribution in [3.05, 3.63) is 53.0 Å². The zero-order valence-electron chi connectivity index (χ0n) is 15.4. The first kappa shape index (κ1) is 20.2. The molecule has 1 unspecified atom stereocenters. The second kappa shape index (κ2) is 8.33. The molecular weight excluding hydrogens is 434 g/mol. The van der Waals surface area contributed by atoms with Crippen LogP contribution in [0.25, 0.3) is 10.2 Å². The number of anilines is 1. The molecule has 9 heteroatoms. The minimum Gasteiger partial charge on any atom is -0.466 e. The van der Waals surface area contributed by atoms with Crippen molar-refractivity contribution < 1.29 is 18.3 Å². The van der Waals surface area contributed by atoms with Gasteiger partial charge in [-0.3, -0.25) is 4.79 Å². The number of aromatic nitrogens is 1. The van der Waals surface area contributed by atoms with Gasteiger partial charge in [0.25, 0.3) is 0 Å². The fourth-order valence-electron chi connectivity index (χ4n) is 3.15. The first-order valence-electron chi connectivity index (χ1n) is 8.93. The fraction of sp³-hybridized carbons (Fsp3) is 0.250. The minimum absolute atomic E-state index is 0.169. The summed E-state index contributed by atoms with van der Waals surface area (Å²) in [7, 11) is 0. The van der Waals surface area contributed by atoms with Crippen molar-refractivity contribution in [3.8, 4) is 0 Å². The molecule has 2 heterocycles. The standard InChI is InChI=1S/C20H16F2N2O2S3/c1-2-26-18(25)9-16-20(27)24(14-5-3-4-6-15(14)28-16)10-17-23-13-8-11(21)7-12(22)19(13)29-17/h3-8,16H,2,9-10H2,1H3. The van der Waals surface area contributed by atoms with Gasteiger partial charge in [0.2, 0.25) is 0 Å². The van der Waals surface area contributed by atoms with E-state index in [1.807, 2.05) is 29.2 Å². The lowest BCUT2D eigenvalue weighted by Crippen LogP contribution is -2.40. The van der Waals surface area contributed by atoms with Gasteiger partial charge in [-0.2, -0.15) is 0 Å². The summed E-state index contributed by atoms with van der Waals surface area (Å²) >= 11 is 8.40. The summed E-state index contributed by atoms with van der Waals surface area (Å²) in [5, 5.41) is 0.367. The Hall–Kier alpha value is -2.10. The number of carbonyl (C=O) groups excluding carboxylic acids is 1. The van der Waals surface area contributed by atoms with Gasteiger partial charge in [-0.05, 0) is 19.1 Å². The molecule has 0 bridgehead atoms. The van der Waals surface area contributed by atoms with Gasteiger partial charge in [0.1, 0.15) is 16.6 Å². The largest absolute Gasteiger partial charge is 0.466 e. The van der Waals surface area contributed by atoms with Gasteiger partial charge in [-0.15, -0.1) is 23.1 Å². The molecule has 1 aliphatic rings. The topological polar surface area (TPSA) is 42.4 Å². The van der Waals surface area contributed by atoms with Crippen LogP contribution in [0.5, 0.6) is 0 Å². The molecule has 0 radical (unpaired) electrons. The SMILES string of the molecule is CCOC(=O)CC1Sc2ccccc2N(Cc2nc3cc(F)cc(F)c3s2)C1=S. The summed E-state index contributed by atoms with van der Waals surface area (Å²) in [6.07, 6.45) is 0.169. The maximum atomic E-state index is 14.1. The van der Waals surface area contributed by atoms with E-state index >= 15 is 0 Å². The van der Waals surface area contributed by atoms with Crippen LogP contribution in [-0.4, -0.2) is 27.8 Å². The van der Waals surface area contributed by atoms with Crippen molar-refractivity contribution >= 4 is 62.2 Å². The Morgan fingerprint density at radius 1 is 1.31 bits per heavy atom. The van der Waals surface area contributed by atoms with Crippen molar-refractivity contribution in [3.63, 3.8) is 0 Å². The molecule has 150 valence electrons. The quantitative estimate of drug-likeness (QED) is 0.386. The Balaban J connectivity index is 1.66. The average Bonchev–Trinajstić information content (AvgIpc) is 3.08. The number of benzene rings is 2. The Kier molecular flexibility index (Phi) is 5.80. The van der Waals surface area contributed by atoms with Crippen LogP contribution in [0.3, 0.4) is 0 Å². The lowest BCUT2D eigenvalue weighted by Gasteiger charge is -2.35. The Morgan fingerprint density at radius 3 is 2.90 bits per heavy atom. The van der Waals surface area contributed by atoms with Gasteiger partial charge in [0, 0.05) is 17.0 Å². The predicted molar refractivity (Wildman–Crippen MR) is 116 cm³/mol. The smallest absolute Gasteiger partial charge is 0.307 e. The van der Waals surface area contributed by atoms with E-state index in [9.17, 15) is 13.6 Å². The number of ether oxygens (including phenoxy) is 1. The summed E-state index contributed by atoms with van der Waals surface area (Å²) in [5.74, 6) is -1.58. The van der Waals surface area contributed by atoms with E-state index < -0.39 is 11.6 Å². The molecule has 29 heavy (non-hydrogen) atoms. The highest BCUT2D eigenvalue weighted by molar-refractivity contribution is 8.02. The number of carbonyl (C=O) groups is 1. The monoisotopic (exact) mass is 450 g/mol. The van der Waals surface area contributed by atoms with Crippen LogP contribution in [-0.2, 0) is 16.1 Å².